The summed E-state index contributed by atoms with van der Waals surface area (Å²) in [5.74, 6) is 0.891. The van der Waals surface area contributed by atoms with E-state index in [9.17, 15) is 4.79 Å². The summed E-state index contributed by atoms with van der Waals surface area (Å²) in [6.07, 6.45) is 0.913. The third-order valence-corrected chi connectivity index (χ3v) is 6.15. The van der Waals surface area contributed by atoms with Crippen molar-refractivity contribution in [2.75, 3.05) is 18.0 Å². The molecule has 0 saturated carbocycles. The number of anilines is 1. The van der Waals surface area contributed by atoms with Crippen molar-refractivity contribution in [3.05, 3.63) is 51.2 Å². The molecule has 0 amide bonds. The van der Waals surface area contributed by atoms with E-state index in [4.69, 9.17) is 9.98 Å². The highest BCUT2D eigenvalue weighted by molar-refractivity contribution is 6.49. The zero-order chi connectivity index (χ0) is 22.9. The number of hydrogen-bond donors (Lipinski definition) is 0. The van der Waals surface area contributed by atoms with Gasteiger partial charge in [0.05, 0.1) is 17.1 Å². The van der Waals surface area contributed by atoms with Crippen LogP contribution in [0.2, 0.25) is 0 Å². The standard InChI is InChI=1S/C25H35N5O/c1-9-16(6)22-23(24-27-21(15(4)5)18(8)25(31)30(24)28-22)26-20-13-12-19(14-17(20)7)29(10-2)11-3/h12-16H,9-11H2,1-8H3. The third-order valence-electron chi connectivity index (χ3n) is 6.15. The van der Waals surface area contributed by atoms with Crippen LogP contribution in [0.1, 0.15) is 76.5 Å². The highest BCUT2D eigenvalue weighted by Gasteiger charge is 2.31. The summed E-state index contributed by atoms with van der Waals surface area (Å²) in [6, 6.07) is 6.35. The van der Waals surface area contributed by atoms with Gasteiger partial charge in [-0.15, -0.1) is 0 Å². The van der Waals surface area contributed by atoms with E-state index in [1.54, 1.807) is 0 Å². The van der Waals surface area contributed by atoms with Crippen LogP contribution >= 0.6 is 0 Å². The van der Waals surface area contributed by atoms with E-state index in [-0.39, 0.29) is 17.4 Å². The van der Waals surface area contributed by atoms with E-state index in [1.807, 2.05) is 6.92 Å². The van der Waals surface area contributed by atoms with Crippen LogP contribution in [0.5, 0.6) is 0 Å². The lowest BCUT2D eigenvalue weighted by Gasteiger charge is -2.21. The first kappa shape index (κ1) is 22.9. The number of rotatable bonds is 7. The molecule has 2 aromatic rings. The summed E-state index contributed by atoms with van der Waals surface area (Å²) in [4.78, 5) is 25.3. The van der Waals surface area contributed by atoms with Gasteiger partial charge in [0.1, 0.15) is 5.71 Å². The second-order valence-corrected chi connectivity index (χ2v) is 8.62. The first-order chi connectivity index (χ1) is 14.7. The minimum absolute atomic E-state index is 0.103. The van der Waals surface area contributed by atoms with Crippen molar-refractivity contribution in [2.45, 2.75) is 67.7 Å². The van der Waals surface area contributed by atoms with Gasteiger partial charge in [-0.1, -0.05) is 27.7 Å². The van der Waals surface area contributed by atoms with Crippen LogP contribution in [-0.4, -0.2) is 34.2 Å². The molecular formula is C25H35N5O. The number of benzene rings is 1. The highest BCUT2D eigenvalue weighted by Crippen LogP contribution is 2.28. The van der Waals surface area contributed by atoms with Crippen molar-refractivity contribution in [2.24, 2.45) is 16.0 Å². The molecule has 0 bridgehead atoms. The zero-order valence-corrected chi connectivity index (χ0v) is 20.2. The maximum absolute atomic E-state index is 13.0. The SMILES string of the molecule is CCC(C)C1=Nn2c(nc(C(C)C)c(C)c2=O)C1=Nc1ccc(N(CC)CC)cc1C. The average molecular weight is 422 g/mol. The Labute approximate surface area is 185 Å². The number of fused-ring (bicyclic) bond motifs is 1. The van der Waals surface area contributed by atoms with Crippen LogP contribution in [0.3, 0.4) is 0 Å². The van der Waals surface area contributed by atoms with Crippen molar-refractivity contribution < 1.29 is 0 Å². The van der Waals surface area contributed by atoms with Crippen LogP contribution in [-0.2, 0) is 0 Å². The molecule has 1 aliphatic rings. The number of nitrogens with zero attached hydrogens (tertiary/aromatic N) is 5. The molecule has 3 rings (SSSR count). The molecule has 2 heterocycles. The molecule has 0 aliphatic carbocycles. The van der Waals surface area contributed by atoms with Gasteiger partial charge in [0.2, 0.25) is 0 Å². The van der Waals surface area contributed by atoms with Crippen molar-refractivity contribution >= 4 is 22.8 Å². The predicted molar refractivity (Wildman–Crippen MR) is 131 cm³/mol. The molecule has 1 aromatic carbocycles. The fourth-order valence-corrected chi connectivity index (χ4v) is 3.99. The Hall–Kier alpha value is -2.76. The Bertz CT molecular complexity index is 1090. The molecule has 0 N–H and O–H groups in total. The summed E-state index contributed by atoms with van der Waals surface area (Å²) in [6.45, 7) is 18.5. The van der Waals surface area contributed by atoms with Crippen LogP contribution in [0.15, 0.2) is 33.1 Å². The molecule has 166 valence electrons. The Balaban J connectivity index is 2.19. The van der Waals surface area contributed by atoms with Gasteiger partial charge in [-0.05, 0) is 63.8 Å². The smallest absolute Gasteiger partial charge is 0.277 e. The summed E-state index contributed by atoms with van der Waals surface area (Å²) in [5.41, 5.74) is 6.10. The van der Waals surface area contributed by atoms with Gasteiger partial charge in [-0.3, -0.25) is 4.79 Å². The molecule has 1 aromatic heterocycles. The lowest BCUT2D eigenvalue weighted by Crippen LogP contribution is -2.26. The van der Waals surface area contributed by atoms with E-state index in [0.717, 1.165) is 42.2 Å². The summed E-state index contributed by atoms with van der Waals surface area (Å²) < 4.78 is 1.45. The predicted octanol–water partition coefficient (Wildman–Crippen LogP) is 5.21. The fraction of sp³-hybridized carbons (Fsp3) is 0.520. The molecule has 1 aliphatic heterocycles. The van der Waals surface area contributed by atoms with Gasteiger partial charge in [0.15, 0.2) is 5.82 Å². The number of aliphatic imine (C=N–C) groups is 1. The van der Waals surface area contributed by atoms with E-state index in [0.29, 0.717) is 17.1 Å². The summed E-state index contributed by atoms with van der Waals surface area (Å²) in [7, 11) is 0. The molecule has 1 atom stereocenters. The zero-order valence-electron chi connectivity index (χ0n) is 20.2. The lowest BCUT2D eigenvalue weighted by molar-refractivity contribution is 0.711. The second-order valence-electron chi connectivity index (χ2n) is 8.62. The molecule has 1 unspecified atom stereocenters. The number of aryl methyl sites for hydroxylation is 1. The topological polar surface area (TPSA) is 62.9 Å². The van der Waals surface area contributed by atoms with Crippen LogP contribution in [0.25, 0.3) is 0 Å². The average Bonchev–Trinajstić information content (AvgIpc) is 3.11. The molecule has 0 spiro atoms. The Morgan fingerprint density at radius 2 is 1.77 bits per heavy atom. The van der Waals surface area contributed by atoms with E-state index in [2.05, 4.69) is 76.7 Å². The van der Waals surface area contributed by atoms with Crippen LogP contribution in [0.4, 0.5) is 11.4 Å². The van der Waals surface area contributed by atoms with E-state index < -0.39 is 0 Å². The van der Waals surface area contributed by atoms with Crippen molar-refractivity contribution in [3.8, 4) is 0 Å². The minimum Gasteiger partial charge on any atom is -0.372 e. The highest BCUT2D eigenvalue weighted by atomic mass is 16.1. The van der Waals surface area contributed by atoms with Crippen LogP contribution in [0, 0.1) is 19.8 Å². The lowest BCUT2D eigenvalue weighted by atomic mass is 9.98. The fourth-order valence-electron chi connectivity index (χ4n) is 3.99. The monoisotopic (exact) mass is 421 g/mol. The van der Waals surface area contributed by atoms with Crippen molar-refractivity contribution in [1.82, 2.24) is 9.66 Å². The molecule has 0 fully saturated rings. The third kappa shape index (κ3) is 4.21. The van der Waals surface area contributed by atoms with Gasteiger partial charge < -0.3 is 4.90 Å². The normalized spacial score (nSPS) is 15.4. The molecule has 0 saturated heterocycles. The van der Waals surface area contributed by atoms with Gasteiger partial charge in [0, 0.05) is 30.3 Å². The molecule has 0 radical (unpaired) electrons. The van der Waals surface area contributed by atoms with Gasteiger partial charge in [0.25, 0.3) is 5.56 Å². The van der Waals surface area contributed by atoms with E-state index >= 15 is 0 Å². The first-order valence-corrected chi connectivity index (χ1v) is 11.4. The molecule has 31 heavy (non-hydrogen) atoms. The Morgan fingerprint density at radius 1 is 1.10 bits per heavy atom. The molecular weight excluding hydrogens is 386 g/mol. The van der Waals surface area contributed by atoms with Crippen molar-refractivity contribution in [1.29, 1.82) is 0 Å². The van der Waals surface area contributed by atoms with Gasteiger partial charge >= 0.3 is 0 Å². The first-order valence-electron chi connectivity index (χ1n) is 11.4. The molecule has 6 heteroatoms. The Morgan fingerprint density at radius 3 is 2.32 bits per heavy atom. The largest absolute Gasteiger partial charge is 0.372 e. The quantitative estimate of drug-likeness (QED) is 0.616. The minimum atomic E-state index is -0.103. The summed E-state index contributed by atoms with van der Waals surface area (Å²) in [5, 5.41) is 4.68. The van der Waals surface area contributed by atoms with Crippen molar-refractivity contribution in [3.63, 3.8) is 0 Å². The van der Waals surface area contributed by atoms with Crippen LogP contribution < -0.4 is 10.5 Å². The second kappa shape index (κ2) is 9.16. The van der Waals surface area contributed by atoms with E-state index in [1.165, 1.54) is 10.4 Å². The summed E-state index contributed by atoms with van der Waals surface area (Å²) >= 11 is 0. The van der Waals surface area contributed by atoms with Gasteiger partial charge in [-0.2, -0.15) is 9.78 Å². The maximum atomic E-state index is 13.0. The Kier molecular flexibility index (Phi) is 6.77. The van der Waals surface area contributed by atoms with Gasteiger partial charge in [-0.25, -0.2) is 9.98 Å². The number of aromatic nitrogens is 2. The molecule has 6 nitrogen and oxygen atoms in total. The maximum Gasteiger partial charge on any atom is 0.277 e. The number of hydrogen-bond acceptors (Lipinski definition) is 5.